The van der Waals surface area contributed by atoms with Gasteiger partial charge in [-0.05, 0) is 37.3 Å². The maximum absolute atomic E-state index is 12.6. The number of benzene rings is 2. The van der Waals surface area contributed by atoms with Gasteiger partial charge in [-0.15, -0.1) is 10.2 Å². The standard InChI is InChI=1S/C18H14ClN5O2S/c1-10-21-22-18-24(10)23-17(27-18)11-7-8-15(26-2)14(9-11)20-16(25)12-5-3-4-6-13(12)19/h3-9H,1-2H3,(H,20,25). The quantitative estimate of drug-likeness (QED) is 0.559. The smallest absolute Gasteiger partial charge is 0.257 e. The molecule has 0 radical (unpaired) electrons. The minimum absolute atomic E-state index is 0.315. The highest BCUT2D eigenvalue weighted by Crippen LogP contribution is 2.33. The first kappa shape index (κ1) is 17.4. The SMILES string of the molecule is COc1ccc(-c2nn3c(C)nnc3s2)cc1NC(=O)c1ccccc1Cl. The molecule has 0 aliphatic heterocycles. The van der Waals surface area contributed by atoms with Gasteiger partial charge in [0.05, 0.1) is 23.4 Å². The average molecular weight is 400 g/mol. The molecule has 1 N–H and O–H groups in total. The Morgan fingerprint density at radius 3 is 2.78 bits per heavy atom. The van der Waals surface area contributed by atoms with E-state index in [1.165, 1.54) is 11.3 Å². The fraction of sp³-hybridized carbons (Fsp3) is 0.111. The molecule has 1 amide bonds. The second-order valence-electron chi connectivity index (χ2n) is 5.70. The Kier molecular flexibility index (Phi) is 4.51. The summed E-state index contributed by atoms with van der Waals surface area (Å²) in [5.41, 5.74) is 1.75. The number of methoxy groups -OCH3 is 1. The Morgan fingerprint density at radius 2 is 2.04 bits per heavy atom. The van der Waals surface area contributed by atoms with Crippen LogP contribution in [0.25, 0.3) is 15.5 Å². The van der Waals surface area contributed by atoms with Crippen molar-refractivity contribution in [3.63, 3.8) is 0 Å². The Hall–Kier alpha value is -2.97. The van der Waals surface area contributed by atoms with E-state index >= 15 is 0 Å². The summed E-state index contributed by atoms with van der Waals surface area (Å²) in [7, 11) is 1.55. The highest BCUT2D eigenvalue weighted by atomic mass is 35.5. The number of amides is 1. The van der Waals surface area contributed by atoms with Gasteiger partial charge >= 0.3 is 0 Å². The highest BCUT2D eigenvalue weighted by molar-refractivity contribution is 7.19. The lowest BCUT2D eigenvalue weighted by Crippen LogP contribution is -2.13. The number of nitrogens with one attached hydrogen (secondary N) is 1. The van der Waals surface area contributed by atoms with Gasteiger partial charge < -0.3 is 10.1 Å². The third-order valence-corrected chi connectivity index (χ3v) is 5.24. The fourth-order valence-corrected chi connectivity index (χ4v) is 3.71. The molecule has 2 heterocycles. The van der Waals surface area contributed by atoms with Crippen molar-refractivity contribution in [1.29, 1.82) is 0 Å². The molecule has 0 atom stereocenters. The van der Waals surface area contributed by atoms with Gasteiger partial charge in [0.2, 0.25) is 4.96 Å². The number of ether oxygens (including phenoxy) is 1. The highest BCUT2D eigenvalue weighted by Gasteiger charge is 2.16. The van der Waals surface area contributed by atoms with Gasteiger partial charge in [-0.3, -0.25) is 4.79 Å². The Bertz CT molecular complexity index is 1150. The van der Waals surface area contributed by atoms with Gasteiger partial charge in [0, 0.05) is 5.56 Å². The van der Waals surface area contributed by atoms with Crippen molar-refractivity contribution < 1.29 is 9.53 Å². The van der Waals surface area contributed by atoms with E-state index in [0.717, 1.165) is 10.6 Å². The zero-order chi connectivity index (χ0) is 19.0. The van der Waals surface area contributed by atoms with Gasteiger partial charge in [0.15, 0.2) is 5.82 Å². The van der Waals surface area contributed by atoms with Crippen LogP contribution < -0.4 is 10.1 Å². The Balaban J connectivity index is 1.70. The summed E-state index contributed by atoms with van der Waals surface area (Å²) >= 11 is 7.53. The molecule has 0 saturated carbocycles. The molecular formula is C18H14ClN5O2S. The number of anilines is 1. The Labute approximate surface area is 163 Å². The topological polar surface area (TPSA) is 81.4 Å². The summed E-state index contributed by atoms with van der Waals surface area (Å²) in [6.45, 7) is 1.84. The zero-order valence-electron chi connectivity index (χ0n) is 14.4. The molecule has 27 heavy (non-hydrogen) atoms. The van der Waals surface area contributed by atoms with Gasteiger partial charge in [-0.2, -0.15) is 9.61 Å². The lowest BCUT2D eigenvalue weighted by atomic mass is 10.1. The molecular weight excluding hydrogens is 386 g/mol. The molecule has 9 heteroatoms. The molecule has 2 aromatic heterocycles. The van der Waals surface area contributed by atoms with Crippen molar-refractivity contribution in [2.75, 3.05) is 12.4 Å². The first-order valence-electron chi connectivity index (χ1n) is 8.00. The molecule has 0 saturated heterocycles. The van der Waals surface area contributed by atoms with Crippen molar-refractivity contribution in [3.05, 3.63) is 58.9 Å². The first-order valence-corrected chi connectivity index (χ1v) is 9.19. The van der Waals surface area contributed by atoms with E-state index in [2.05, 4.69) is 20.6 Å². The van der Waals surface area contributed by atoms with E-state index in [9.17, 15) is 4.79 Å². The molecule has 7 nitrogen and oxygen atoms in total. The van der Waals surface area contributed by atoms with Crippen molar-refractivity contribution in [2.24, 2.45) is 0 Å². The second-order valence-corrected chi connectivity index (χ2v) is 7.06. The first-order chi connectivity index (χ1) is 13.1. The van der Waals surface area contributed by atoms with Crippen molar-refractivity contribution in [1.82, 2.24) is 19.8 Å². The van der Waals surface area contributed by atoms with Crippen LogP contribution in [0, 0.1) is 6.92 Å². The maximum Gasteiger partial charge on any atom is 0.257 e. The maximum atomic E-state index is 12.6. The number of aromatic nitrogens is 4. The summed E-state index contributed by atoms with van der Waals surface area (Å²) in [6, 6.07) is 12.4. The molecule has 4 aromatic rings. The van der Waals surface area contributed by atoms with Crippen LogP contribution in [0.4, 0.5) is 5.69 Å². The van der Waals surface area contributed by atoms with Crippen LogP contribution in [0.3, 0.4) is 0 Å². The number of carbonyl (C=O) groups is 1. The minimum Gasteiger partial charge on any atom is -0.495 e. The van der Waals surface area contributed by atoms with Crippen LogP contribution >= 0.6 is 22.9 Å². The summed E-state index contributed by atoms with van der Waals surface area (Å²) in [5.74, 6) is 0.941. The van der Waals surface area contributed by atoms with E-state index in [-0.39, 0.29) is 5.91 Å². The normalized spacial score (nSPS) is 10.9. The van der Waals surface area contributed by atoms with Crippen LogP contribution in [0.5, 0.6) is 5.75 Å². The number of fused-ring (bicyclic) bond motifs is 1. The van der Waals surface area contributed by atoms with Crippen molar-refractivity contribution in [2.45, 2.75) is 6.92 Å². The number of aryl methyl sites for hydroxylation is 1. The minimum atomic E-state index is -0.315. The molecule has 0 bridgehead atoms. The molecule has 4 rings (SSSR count). The molecule has 0 aliphatic carbocycles. The predicted molar refractivity (Wildman–Crippen MR) is 105 cm³/mol. The largest absolute Gasteiger partial charge is 0.495 e. The second kappa shape index (κ2) is 6.98. The van der Waals surface area contributed by atoms with Gasteiger partial charge in [-0.1, -0.05) is 35.1 Å². The van der Waals surface area contributed by atoms with E-state index in [1.54, 1.807) is 42.0 Å². The summed E-state index contributed by atoms with van der Waals surface area (Å²) in [6.07, 6.45) is 0. The monoisotopic (exact) mass is 399 g/mol. The lowest BCUT2D eigenvalue weighted by Gasteiger charge is -2.12. The van der Waals surface area contributed by atoms with E-state index in [1.807, 2.05) is 19.1 Å². The number of carbonyl (C=O) groups excluding carboxylic acids is 1. The van der Waals surface area contributed by atoms with Crippen molar-refractivity contribution in [3.8, 4) is 16.3 Å². The average Bonchev–Trinajstić information content (AvgIpc) is 3.24. The van der Waals surface area contributed by atoms with Gasteiger partial charge in [0.1, 0.15) is 10.8 Å². The summed E-state index contributed by atoms with van der Waals surface area (Å²) in [4.78, 5) is 13.3. The number of hydrogen-bond donors (Lipinski definition) is 1. The number of nitrogens with zero attached hydrogens (tertiary/aromatic N) is 4. The van der Waals surface area contributed by atoms with E-state index in [0.29, 0.717) is 32.8 Å². The molecule has 0 spiro atoms. The third kappa shape index (κ3) is 3.24. The lowest BCUT2D eigenvalue weighted by molar-refractivity contribution is 0.102. The van der Waals surface area contributed by atoms with Crippen LogP contribution in [-0.4, -0.2) is 32.8 Å². The Morgan fingerprint density at radius 1 is 1.22 bits per heavy atom. The van der Waals surface area contributed by atoms with Crippen LogP contribution in [0.2, 0.25) is 5.02 Å². The van der Waals surface area contributed by atoms with Crippen molar-refractivity contribution >= 4 is 39.5 Å². The summed E-state index contributed by atoms with van der Waals surface area (Å²) < 4.78 is 7.06. The molecule has 0 fully saturated rings. The molecule has 0 unspecified atom stereocenters. The van der Waals surface area contributed by atoms with Gasteiger partial charge in [-0.25, -0.2) is 0 Å². The predicted octanol–water partition coefficient (Wildman–Crippen LogP) is 4.08. The molecule has 136 valence electrons. The third-order valence-electron chi connectivity index (χ3n) is 3.96. The fourth-order valence-electron chi connectivity index (χ4n) is 2.61. The van der Waals surface area contributed by atoms with E-state index in [4.69, 9.17) is 16.3 Å². The number of halogens is 1. The molecule has 0 aliphatic rings. The van der Waals surface area contributed by atoms with Crippen LogP contribution in [0.15, 0.2) is 42.5 Å². The molecule has 2 aromatic carbocycles. The van der Waals surface area contributed by atoms with Crippen LogP contribution in [0.1, 0.15) is 16.2 Å². The number of rotatable bonds is 4. The summed E-state index contributed by atoms with van der Waals surface area (Å²) in [5, 5.41) is 16.6. The van der Waals surface area contributed by atoms with E-state index < -0.39 is 0 Å². The zero-order valence-corrected chi connectivity index (χ0v) is 16.0. The van der Waals surface area contributed by atoms with Crippen LogP contribution in [-0.2, 0) is 0 Å². The van der Waals surface area contributed by atoms with Gasteiger partial charge in [0.25, 0.3) is 5.91 Å². The number of hydrogen-bond acceptors (Lipinski definition) is 6.